The predicted octanol–water partition coefficient (Wildman–Crippen LogP) is 0.718. The maximum atomic E-state index is 8.65. The molecular weight excluding hydrogens is 168 g/mol. The van der Waals surface area contributed by atoms with Gasteiger partial charge in [-0.2, -0.15) is 0 Å². The Morgan fingerprint density at radius 3 is 2.38 bits per heavy atom. The van der Waals surface area contributed by atoms with E-state index in [0.29, 0.717) is 0 Å². The molecule has 0 saturated carbocycles. The van der Waals surface area contributed by atoms with Crippen LogP contribution in [0.5, 0.6) is 0 Å². The third-order valence-electron chi connectivity index (χ3n) is 1.78. The second-order valence-electron chi connectivity index (χ2n) is 2.70. The molecule has 1 aromatic carbocycles. The zero-order chi connectivity index (χ0) is 9.68. The Kier molecular flexibility index (Phi) is 3.54. The summed E-state index contributed by atoms with van der Waals surface area (Å²) in [4.78, 5) is 0. The molecule has 0 fully saturated rings. The monoisotopic (exact) mass is 182 g/mol. The maximum absolute atomic E-state index is 8.65. The van der Waals surface area contributed by atoms with Crippen LogP contribution in [0.1, 0.15) is 5.56 Å². The van der Waals surface area contributed by atoms with E-state index >= 15 is 0 Å². The highest BCUT2D eigenvalue weighted by Crippen LogP contribution is 2.18. The molecule has 0 amide bonds. The van der Waals surface area contributed by atoms with Gasteiger partial charge in [0, 0.05) is 11.4 Å². The molecule has 72 valence electrons. The van der Waals surface area contributed by atoms with E-state index in [1.54, 1.807) is 0 Å². The Morgan fingerprint density at radius 2 is 1.85 bits per heavy atom. The van der Waals surface area contributed by atoms with E-state index in [2.05, 4.69) is 10.6 Å². The van der Waals surface area contributed by atoms with Gasteiger partial charge in [-0.05, 0) is 30.7 Å². The van der Waals surface area contributed by atoms with Crippen LogP contribution < -0.4 is 10.6 Å². The minimum atomic E-state index is -0.0772. The summed E-state index contributed by atoms with van der Waals surface area (Å²) >= 11 is 0. The number of aliphatic hydroxyl groups excluding tert-OH is 2. The molecule has 0 radical (unpaired) electrons. The van der Waals surface area contributed by atoms with Gasteiger partial charge in [-0.25, -0.2) is 0 Å². The number of anilines is 2. The summed E-state index contributed by atoms with van der Waals surface area (Å²) in [5.74, 6) is 0. The minimum Gasteiger partial charge on any atom is -0.377 e. The lowest BCUT2D eigenvalue weighted by molar-refractivity contribution is 0.325. The molecule has 0 atom stereocenters. The van der Waals surface area contributed by atoms with Crippen molar-refractivity contribution in [3.05, 3.63) is 23.8 Å². The molecule has 0 aliphatic heterocycles. The summed E-state index contributed by atoms with van der Waals surface area (Å²) in [6, 6.07) is 5.58. The van der Waals surface area contributed by atoms with Crippen molar-refractivity contribution in [3.63, 3.8) is 0 Å². The Balaban J connectivity index is 2.79. The van der Waals surface area contributed by atoms with E-state index in [0.717, 1.165) is 16.9 Å². The van der Waals surface area contributed by atoms with Gasteiger partial charge in [-0.3, -0.25) is 0 Å². The second-order valence-corrected chi connectivity index (χ2v) is 2.70. The van der Waals surface area contributed by atoms with Crippen molar-refractivity contribution in [2.24, 2.45) is 0 Å². The largest absolute Gasteiger partial charge is 0.377 e. The fraction of sp³-hybridized carbons (Fsp3) is 0.333. The predicted molar refractivity (Wildman–Crippen MR) is 52.6 cm³/mol. The standard InChI is InChI=1S/C9H14N2O2/c1-7-4-8(10-5-12)2-3-9(7)11-6-13/h2-4,10-13H,5-6H2,1H3. The van der Waals surface area contributed by atoms with E-state index in [1.807, 2.05) is 25.1 Å². The molecule has 0 spiro atoms. The van der Waals surface area contributed by atoms with Crippen LogP contribution in [-0.2, 0) is 0 Å². The van der Waals surface area contributed by atoms with Gasteiger partial charge in [0.05, 0.1) is 0 Å². The molecule has 4 N–H and O–H groups in total. The van der Waals surface area contributed by atoms with Gasteiger partial charge < -0.3 is 20.8 Å². The molecule has 0 unspecified atom stereocenters. The van der Waals surface area contributed by atoms with E-state index in [-0.39, 0.29) is 13.5 Å². The first-order chi connectivity index (χ1) is 6.27. The molecule has 0 aliphatic rings. The highest BCUT2D eigenvalue weighted by molar-refractivity contribution is 5.58. The fourth-order valence-corrected chi connectivity index (χ4v) is 1.15. The summed E-state index contributed by atoms with van der Waals surface area (Å²) in [5.41, 5.74) is 2.78. The molecule has 0 saturated heterocycles. The maximum Gasteiger partial charge on any atom is 0.113 e. The lowest BCUT2D eigenvalue weighted by Gasteiger charge is -2.09. The number of hydrogen-bond donors (Lipinski definition) is 4. The zero-order valence-electron chi connectivity index (χ0n) is 7.54. The number of aliphatic hydroxyl groups is 2. The molecule has 4 nitrogen and oxygen atoms in total. The van der Waals surface area contributed by atoms with Crippen LogP contribution in [0.4, 0.5) is 11.4 Å². The van der Waals surface area contributed by atoms with Gasteiger partial charge in [0.15, 0.2) is 0 Å². The van der Waals surface area contributed by atoms with Crippen molar-refractivity contribution in [2.45, 2.75) is 6.92 Å². The number of nitrogens with one attached hydrogen (secondary N) is 2. The molecule has 4 heteroatoms. The highest BCUT2D eigenvalue weighted by atomic mass is 16.3. The first-order valence-electron chi connectivity index (χ1n) is 4.08. The van der Waals surface area contributed by atoms with Crippen molar-refractivity contribution < 1.29 is 10.2 Å². The summed E-state index contributed by atoms with van der Waals surface area (Å²) in [6.07, 6.45) is 0. The first kappa shape index (κ1) is 9.83. The Hall–Kier alpha value is -1.26. The summed E-state index contributed by atoms with van der Waals surface area (Å²) < 4.78 is 0. The third kappa shape index (κ3) is 2.61. The van der Waals surface area contributed by atoms with Gasteiger partial charge in [0.25, 0.3) is 0 Å². The van der Waals surface area contributed by atoms with E-state index in [1.165, 1.54) is 0 Å². The SMILES string of the molecule is Cc1cc(NCO)ccc1NCO. The normalized spacial score (nSPS) is 9.77. The number of hydrogen-bond acceptors (Lipinski definition) is 4. The second kappa shape index (κ2) is 4.69. The first-order valence-corrected chi connectivity index (χ1v) is 4.08. The molecule has 13 heavy (non-hydrogen) atoms. The molecular formula is C9H14N2O2. The fourth-order valence-electron chi connectivity index (χ4n) is 1.15. The Morgan fingerprint density at radius 1 is 1.15 bits per heavy atom. The topological polar surface area (TPSA) is 64.5 Å². The molecule has 0 heterocycles. The average Bonchev–Trinajstić information content (AvgIpc) is 2.10. The van der Waals surface area contributed by atoms with Gasteiger partial charge >= 0.3 is 0 Å². The zero-order valence-corrected chi connectivity index (χ0v) is 7.54. The molecule has 0 bridgehead atoms. The van der Waals surface area contributed by atoms with Crippen LogP contribution in [-0.4, -0.2) is 23.7 Å². The summed E-state index contributed by atoms with van der Waals surface area (Å²) in [7, 11) is 0. The van der Waals surface area contributed by atoms with Gasteiger partial charge in [0.1, 0.15) is 13.5 Å². The van der Waals surface area contributed by atoms with Crippen molar-refractivity contribution >= 4 is 11.4 Å². The molecule has 1 aromatic rings. The average molecular weight is 182 g/mol. The Bertz CT molecular complexity index is 276. The Labute approximate surface area is 77.2 Å². The summed E-state index contributed by atoms with van der Waals surface area (Å²) in [5, 5.41) is 22.9. The molecule has 0 aliphatic carbocycles. The van der Waals surface area contributed by atoms with E-state index in [4.69, 9.17) is 10.2 Å². The lowest BCUT2D eigenvalue weighted by Crippen LogP contribution is -2.03. The van der Waals surface area contributed by atoms with Gasteiger partial charge in [-0.1, -0.05) is 0 Å². The minimum absolute atomic E-state index is 0.0758. The van der Waals surface area contributed by atoms with Crippen molar-refractivity contribution in [3.8, 4) is 0 Å². The smallest absolute Gasteiger partial charge is 0.113 e. The van der Waals surface area contributed by atoms with Crippen molar-refractivity contribution in [1.29, 1.82) is 0 Å². The number of rotatable bonds is 4. The van der Waals surface area contributed by atoms with E-state index in [9.17, 15) is 0 Å². The third-order valence-corrected chi connectivity index (χ3v) is 1.78. The molecule has 0 aromatic heterocycles. The van der Waals surface area contributed by atoms with Crippen LogP contribution in [0.25, 0.3) is 0 Å². The quantitative estimate of drug-likeness (QED) is 0.518. The number of aryl methyl sites for hydroxylation is 1. The van der Waals surface area contributed by atoms with Gasteiger partial charge in [-0.15, -0.1) is 0 Å². The summed E-state index contributed by atoms with van der Waals surface area (Å²) in [6.45, 7) is 1.78. The lowest BCUT2D eigenvalue weighted by atomic mass is 10.2. The number of benzene rings is 1. The van der Waals surface area contributed by atoms with Crippen LogP contribution >= 0.6 is 0 Å². The van der Waals surface area contributed by atoms with Crippen molar-refractivity contribution in [2.75, 3.05) is 24.1 Å². The van der Waals surface area contributed by atoms with Crippen LogP contribution in [0.2, 0.25) is 0 Å². The van der Waals surface area contributed by atoms with Crippen LogP contribution in [0.3, 0.4) is 0 Å². The molecule has 1 rings (SSSR count). The van der Waals surface area contributed by atoms with E-state index < -0.39 is 0 Å². The van der Waals surface area contributed by atoms with Crippen LogP contribution in [0.15, 0.2) is 18.2 Å². The van der Waals surface area contributed by atoms with Gasteiger partial charge in [0.2, 0.25) is 0 Å². The van der Waals surface area contributed by atoms with Crippen LogP contribution in [0, 0.1) is 6.92 Å². The van der Waals surface area contributed by atoms with Crippen molar-refractivity contribution in [1.82, 2.24) is 0 Å². The highest BCUT2D eigenvalue weighted by Gasteiger charge is 1.97.